The summed E-state index contributed by atoms with van der Waals surface area (Å²) in [6, 6.07) is 10.0. The van der Waals surface area contributed by atoms with E-state index in [1.54, 1.807) is 0 Å². The summed E-state index contributed by atoms with van der Waals surface area (Å²) in [7, 11) is 0. The average molecular weight is 304 g/mol. The molecule has 4 nitrogen and oxygen atoms in total. The van der Waals surface area contributed by atoms with Gasteiger partial charge in [0.15, 0.2) is 0 Å². The van der Waals surface area contributed by atoms with Crippen LogP contribution in [0.1, 0.15) is 32.8 Å². The van der Waals surface area contributed by atoms with Gasteiger partial charge < -0.3 is 14.2 Å². The topological polar surface area (TPSA) is 44.8 Å². The molecule has 1 fully saturated rings. The van der Waals surface area contributed by atoms with Crippen LogP contribution in [0.15, 0.2) is 42.0 Å². The van der Waals surface area contributed by atoms with Crippen LogP contribution in [0.5, 0.6) is 0 Å². The van der Waals surface area contributed by atoms with E-state index in [0.717, 1.165) is 11.1 Å². The Balaban J connectivity index is 1.83. The molecule has 0 radical (unpaired) electrons. The Kier molecular flexibility index (Phi) is 6.01. The minimum absolute atomic E-state index is 0.128. The third-order valence-corrected chi connectivity index (χ3v) is 4.02. The molecule has 1 aliphatic heterocycles. The summed E-state index contributed by atoms with van der Waals surface area (Å²) < 4.78 is 16.3. The molecule has 1 aromatic rings. The third kappa shape index (κ3) is 4.60. The van der Waals surface area contributed by atoms with Gasteiger partial charge in [-0.05, 0) is 25.0 Å². The van der Waals surface area contributed by atoms with Crippen molar-refractivity contribution in [1.29, 1.82) is 0 Å². The molecular weight excluding hydrogens is 280 g/mol. The van der Waals surface area contributed by atoms with E-state index in [1.165, 1.54) is 0 Å². The number of cyclic esters (lactones) is 2. The van der Waals surface area contributed by atoms with E-state index < -0.39 is 6.16 Å². The van der Waals surface area contributed by atoms with Gasteiger partial charge in [0.25, 0.3) is 0 Å². The van der Waals surface area contributed by atoms with Gasteiger partial charge in [-0.1, -0.05) is 43.3 Å². The highest BCUT2D eigenvalue weighted by molar-refractivity contribution is 5.61. The normalized spacial score (nSPS) is 23.6. The largest absolute Gasteiger partial charge is 0.509 e. The van der Waals surface area contributed by atoms with Crippen LogP contribution in [-0.4, -0.2) is 25.0 Å². The highest BCUT2D eigenvalue weighted by atomic mass is 16.7. The Bertz CT molecular complexity index is 509. The molecule has 0 spiro atoms. The molecule has 0 bridgehead atoms. The summed E-state index contributed by atoms with van der Waals surface area (Å²) in [4.78, 5) is 11.6. The van der Waals surface area contributed by atoms with Crippen LogP contribution in [0, 0.1) is 5.92 Å². The average Bonchev–Trinajstić information content (AvgIpc) is 2.54. The second-order valence-electron chi connectivity index (χ2n) is 5.76. The minimum atomic E-state index is -0.586. The quantitative estimate of drug-likeness (QED) is 0.586. The summed E-state index contributed by atoms with van der Waals surface area (Å²) >= 11 is 0. The van der Waals surface area contributed by atoms with Gasteiger partial charge in [0.2, 0.25) is 0 Å². The van der Waals surface area contributed by atoms with Gasteiger partial charge in [-0.25, -0.2) is 4.79 Å². The monoisotopic (exact) mass is 304 g/mol. The number of rotatable bonds is 6. The number of allylic oxidation sites excluding steroid dienone is 1. The van der Waals surface area contributed by atoms with Crippen LogP contribution < -0.4 is 0 Å². The molecular formula is C18H24O4. The molecule has 0 aliphatic carbocycles. The molecule has 4 heteroatoms. The van der Waals surface area contributed by atoms with Gasteiger partial charge in [0, 0.05) is 12.3 Å². The molecule has 1 saturated heterocycles. The maximum Gasteiger partial charge on any atom is 0.509 e. The lowest BCUT2D eigenvalue weighted by atomic mass is 9.95. The van der Waals surface area contributed by atoms with Crippen molar-refractivity contribution < 1.29 is 19.0 Å². The molecule has 2 rings (SSSR count). The molecule has 0 amide bonds. The molecule has 1 aromatic carbocycles. The predicted octanol–water partition coefficient (Wildman–Crippen LogP) is 4.10. The second-order valence-corrected chi connectivity index (χ2v) is 5.76. The first-order valence-electron chi connectivity index (χ1n) is 7.72. The Labute approximate surface area is 132 Å². The van der Waals surface area contributed by atoms with Crippen LogP contribution in [0.3, 0.4) is 0 Å². The summed E-state index contributed by atoms with van der Waals surface area (Å²) in [6.45, 7) is 7.07. The number of carbonyl (C=O) groups is 1. The smallest absolute Gasteiger partial charge is 0.430 e. The standard InChI is InChI=1S/C18H24O4/c1-4-13(2)16-10-17(22-18(19)21-16)14(3)11-20-12-15-8-6-5-7-9-15/h4-9,14,16-17H,10-12H2,1-3H3/b13-4+/t14-,16+,17+/m1/s1. The minimum Gasteiger partial charge on any atom is -0.430 e. The van der Waals surface area contributed by atoms with E-state index in [-0.39, 0.29) is 18.1 Å². The molecule has 1 aliphatic rings. The van der Waals surface area contributed by atoms with E-state index in [0.29, 0.717) is 19.6 Å². The molecule has 0 aromatic heterocycles. The Morgan fingerprint density at radius 2 is 2.09 bits per heavy atom. The molecule has 22 heavy (non-hydrogen) atoms. The Hall–Kier alpha value is -1.81. The van der Waals surface area contributed by atoms with Crippen LogP contribution >= 0.6 is 0 Å². The molecule has 3 atom stereocenters. The molecule has 120 valence electrons. The highest BCUT2D eigenvalue weighted by Gasteiger charge is 2.33. The Morgan fingerprint density at radius 3 is 2.77 bits per heavy atom. The summed E-state index contributed by atoms with van der Waals surface area (Å²) in [6.07, 6.45) is 1.70. The summed E-state index contributed by atoms with van der Waals surface area (Å²) in [5, 5.41) is 0. The third-order valence-electron chi connectivity index (χ3n) is 4.02. The number of carbonyl (C=O) groups excluding carboxylic acids is 1. The first kappa shape index (κ1) is 16.6. The zero-order valence-corrected chi connectivity index (χ0v) is 13.5. The second kappa shape index (κ2) is 7.99. The first-order chi connectivity index (χ1) is 10.6. The molecule has 0 unspecified atom stereocenters. The summed E-state index contributed by atoms with van der Waals surface area (Å²) in [5.41, 5.74) is 2.19. The SMILES string of the molecule is C/C=C(\C)[C@@H]1C[C@@H]([C@H](C)COCc2ccccc2)OC(=O)O1. The summed E-state index contributed by atoms with van der Waals surface area (Å²) in [5.74, 6) is 0.128. The highest BCUT2D eigenvalue weighted by Crippen LogP contribution is 2.25. The lowest BCUT2D eigenvalue weighted by Crippen LogP contribution is -2.39. The number of hydrogen-bond donors (Lipinski definition) is 0. The van der Waals surface area contributed by atoms with Gasteiger partial charge in [-0.3, -0.25) is 0 Å². The van der Waals surface area contributed by atoms with E-state index in [9.17, 15) is 4.79 Å². The van der Waals surface area contributed by atoms with E-state index in [4.69, 9.17) is 14.2 Å². The zero-order valence-electron chi connectivity index (χ0n) is 13.5. The fourth-order valence-electron chi connectivity index (χ4n) is 2.43. The Morgan fingerprint density at radius 1 is 1.36 bits per heavy atom. The van der Waals surface area contributed by atoms with Crippen LogP contribution in [0.4, 0.5) is 4.79 Å². The maximum absolute atomic E-state index is 11.6. The van der Waals surface area contributed by atoms with Gasteiger partial charge >= 0.3 is 6.16 Å². The van der Waals surface area contributed by atoms with E-state index >= 15 is 0 Å². The van der Waals surface area contributed by atoms with E-state index in [1.807, 2.05) is 57.2 Å². The van der Waals surface area contributed by atoms with Crippen LogP contribution in [0.2, 0.25) is 0 Å². The maximum atomic E-state index is 11.6. The first-order valence-corrected chi connectivity index (χ1v) is 7.72. The lowest BCUT2D eigenvalue weighted by Gasteiger charge is -2.32. The van der Waals surface area contributed by atoms with Crippen molar-refractivity contribution >= 4 is 6.16 Å². The van der Waals surface area contributed by atoms with Gasteiger partial charge in [-0.2, -0.15) is 0 Å². The van der Waals surface area contributed by atoms with Crippen LogP contribution in [-0.2, 0) is 20.8 Å². The van der Waals surface area contributed by atoms with Crippen molar-refractivity contribution in [1.82, 2.24) is 0 Å². The van der Waals surface area contributed by atoms with Crippen LogP contribution in [0.25, 0.3) is 0 Å². The molecule has 0 N–H and O–H groups in total. The number of hydrogen-bond acceptors (Lipinski definition) is 4. The number of benzene rings is 1. The zero-order chi connectivity index (χ0) is 15.9. The van der Waals surface area contributed by atoms with Crippen molar-refractivity contribution in [3.8, 4) is 0 Å². The van der Waals surface area contributed by atoms with Crippen molar-refractivity contribution in [3.63, 3.8) is 0 Å². The fourth-order valence-corrected chi connectivity index (χ4v) is 2.43. The fraction of sp³-hybridized carbons (Fsp3) is 0.500. The predicted molar refractivity (Wildman–Crippen MR) is 84.5 cm³/mol. The van der Waals surface area contributed by atoms with Gasteiger partial charge in [-0.15, -0.1) is 0 Å². The van der Waals surface area contributed by atoms with Crippen molar-refractivity contribution in [2.24, 2.45) is 5.92 Å². The molecule has 1 heterocycles. The van der Waals surface area contributed by atoms with E-state index in [2.05, 4.69) is 0 Å². The van der Waals surface area contributed by atoms with Gasteiger partial charge in [0.1, 0.15) is 12.2 Å². The number of ether oxygens (including phenoxy) is 3. The van der Waals surface area contributed by atoms with Crippen molar-refractivity contribution in [2.45, 2.75) is 46.0 Å². The van der Waals surface area contributed by atoms with Crippen molar-refractivity contribution in [2.75, 3.05) is 6.61 Å². The lowest BCUT2D eigenvalue weighted by molar-refractivity contribution is -0.0779. The molecule has 0 saturated carbocycles. The van der Waals surface area contributed by atoms with Gasteiger partial charge in [0.05, 0.1) is 13.2 Å². The van der Waals surface area contributed by atoms with Crippen molar-refractivity contribution in [3.05, 3.63) is 47.5 Å².